The molecule has 7 heteroatoms. The summed E-state index contributed by atoms with van der Waals surface area (Å²) in [5, 5.41) is 3.94. The van der Waals surface area contributed by atoms with Gasteiger partial charge in [0, 0.05) is 42.5 Å². The molecule has 0 unspecified atom stereocenters. The second kappa shape index (κ2) is 6.91. The van der Waals surface area contributed by atoms with E-state index < -0.39 is 0 Å². The van der Waals surface area contributed by atoms with Gasteiger partial charge in [0.15, 0.2) is 0 Å². The summed E-state index contributed by atoms with van der Waals surface area (Å²) in [6.07, 6.45) is 8.56. The number of aryl methyl sites for hydroxylation is 1. The van der Waals surface area contributed by atoms with Crippen LogP contribution in [0.25, 0.3) is 0 Å². The fourth-order valence-corrected chi connectivity index (χ4v) is 3.54. The summed E-state index contributed by atoms with van der Waals surface area (Å²) in [5.41, 5.74) is 0. The van der Waals surface area contributed by atoms with Crippen molar-refractivity contribution in [3.05, 3.63) is 34.3 Å². The highest BCUT2D eigenvalue weighted by atomic mass is 32.1. The Hall–Kier alpha value is -1.89. The second-order valence-corrected chi connectivity index (χ2v) is 6.69. The smallest absolute Gasteiger partial charge is 0.317 e. The Bertz CT molecular complexity index is 609. The molecule has 2 aromatic rings. The lowest BCUT2D eigenvalue weighted by atomic mass is 9.98. The van der Waals surface area contributed by atoms with Crippen molar-refractivity contribution in [2.45, 2.75) is 38.6 Å². The van der Waals surface area contributed by atoms with E-state index in [0.717, 1.165) is 43.2 Å². The summed E-state index contributed by atoms with van der Waals surface area (Å²) < 4.78 is 0. The topological polar surface area (TPSA) is 73.9 Å². The van der Waals surface area contributed by atoms with E-state index >= 15 is 0 Å². The van der Waals surface area contributed by atoms with Crippen molar-refractivity contribution >= 4 is 17.4 Å². The average molecular weight is 319 g/mol. The van der Waals surface area contributed by atoms with Gasteiger partial charge < -0.3 is 15.2 Å². The zero-order valence-electron chi connectivity index (χ0n) is 12.7. The molecule has 3 heterocycles. The van der Waals surface area contributed by atoms with E-state index in [0.29, 0.717) is 12.5 Å². The highest BCUT2D eigenvalue weighted by molar-refractivity contribution is 7.11. The standard InChI is InChI=1S/C15H21N5OS/c1-2-12-8-18-13(22-12)9-19-15(21)20-7-3-4-11(10-20)14-16-5-6-17-14/h5-6,8,11H,2-4,7,9-10H2,1H3,(H,16,17)(H,19,21)/t11-/m1/s1. The van der Waals surface area contributed by atoms with Crippen molar-refractivity contribution in [2.24, 2.45) is 0 Å². The quantitative estimate of drug-likeness (QED) is 0.909. The number of imidazole rings is 1. The number of aromatic amines is 1. The third-order valence-corrected chi connectivity index (χ3v) is 5.10. The van der Waals surface area contributed by atoms with Crippen LogP contribution in [0, 0.1) is 0 Å². The molecule has 3 rings (SSSR count). The molecule has 2 amide bonds. The summed E-state index contributed by atoms with van der Waals surface area (Å²) in [4.78, 5) is 27.3. The molecule has 0 radical (unpaired) electrons. The van der Waals surface area contributed by atoms with E-state index in [-0.39, 0.29) is 6.03 Å². The number of likely N-dealkylation sites (tertiary alicyclic amines) is 1. The molecule has 0 saturated carbocycles. The average Bonchev–Trinajstić information content (AvgIpc) is 3.24. The van der Waals surface area contributed by atoms with Crippen LogP contribution in [0.3, 0.4) is 0 Å². The van der Waals surface area contributed by atoms with Crippen LogP contribution in [0.4, 0.5) is 4.79 Å². The van der Waals surface area contributed by atoms with E-state index in [4.69, 9.17) is 0 Å². The number of amides is 2. The number of hydrogen-bond acceptors (Lipinski definition) is 4. The lowest BCUT2D eigenvalue weighted by Crippen LogP contribution is -2.44. The zero-order valence-corrected chi connectivity index (χ0v) is 13.5. The van der Waals surface area contributed by atoms with Crippen molar-refractivity contribution in [3.63, 3.8) is 0 Å². The summed E-state index contributed by atoms with van der Waals surface area (Å²) in [6, 6.07) is -0.00972. The number of urea groups is 1. The minimum Gasteiger partial charge on any atom is -0.348 e. The molecule has 0 aromatic carbocycles. The minimum absolute atomic E-state index is 0.00972. The van der Waals surface area contributed by atoms with Crippen LogP contribution in [0.15, 0.2) is 18.6 Å². The lowest BCUT2D eigenvalue weighted by molar-refractivity contribution is 0.178. The first-order valence-electron chi connectivity index (χ1n) is 7.72. The number of thiazole rings is 1. The number of aromatic nitrogens is 3. The first-order valence-corrected chi connectivity index (χ1v) is 8.53. The maximum Gasteiger partial charge on any atom is 0.317 e. The van der Waals surface area contributed by atoms with Gasteiger partial charge in [0.25, 0.3) is 0 Å². The van der Waals surface area contributed by atoms with Gasteiger partial charge in [-0.3, -0.25) is 0 Å². The minimum atomic E-state index is -0.00972. The van der Waals surface area contributed by atoms with E-state index in [1.807, 2.05) is 17.3 Å². The number of H-pyrrole nitrogens is 1. The van der Waals surface area contributed by atoms with Crippen LogP contribution in [-0.4, -0.2) is 39.0 Å². The number of carbonyl (C=O) groups is 1. The first kappa shape index (κ1) is 15.0. The van der Waals surface area contributed by atoms with E-state index in [2.05, 4.69) is 27.2 Å². The molecule has 1 fully saturated rings. The number of piperidine rings is 1. The maximum absolute atomic E-state index is 12.3. The molecule has 22 heavy (non-hydrogen) atoms. The number of carbonyl (C=O) groups excluding carboxylic acids is 1. The van der Waals surface area contributed by atoms with Crippen molar-refractivity contribution < 1.29 is 4.79 Å². The molecule has 2 aromatic heterocycles. The molecule has 0 aliphatic carbocycles. The van der Waals surface area contributed by atoms with Crippen LogP contribution in [0.5, 0.6) is 0 Å². The molecule has 1 saturated heterocycles. The third-order valence-electron chi connectivity index (χ3n) is 3.96. The number of nitrogens with zero attached hydrogens (tertiary/aromatic N) is 3. The van der Waals surface area contributed by atoms with Gasteiger partial charge in [-0.2, -0.15) is 0 Å². The van der Waals surface area contributed by atoms with Crippen molar-refractivity contribution in [1.82, 2.24) is 25.2 Å². The lowest BCUT2D eigenvalue weighted by Gasteiger charge is -2.31. The predicted molar refractivity (Wildman–Crippen MR) is 85.9 cm³/mol. The molecular weight excluding hydrogens is 298 g/mol. The number of rotatable bonds is 4. The van der Waals surface area contributed by atoms with E-state index in [1.54, 1.807) is 17.5 Å². The molecular formula is C15H21N5OS. The Balaban J connectivity index is 1.53. The van der Waals surface area contributed by atoms with Gasteiger partial charge >= 0.3 is 6.03 Å². The van der Waals surface area contributed by atoms with Crippen LogP contribution in [0.1, 0.15) is 41.4 Å². The van der Waals surface area contributed by atoms with Crippen LogP contribution >= 0.6 is 11.3 Å². The Kier molecular flexibility index (Phi) is 4.72. The monoisotopic (exact) mass is 319 g/mol. The van der Waals surface area contributed by atoms with Gasteiger partial charge in [-0.05, 0) is 19.3 Å². The molecule has 6 nitrogen and oxygen atoms in total. The largest absolute Gasteiger partial charge is 0.348 e. The van der Waals surface area contributed by atoms with Gasteiger partial charge in [0.05, 0.1) is 6.54 Å². The molecule has 0 spiro atoms. The fraction of sp³-hybridized carbons (Fsp3) is 0.533. The molecule has 1 aliphatic rings. The first-order chi connectivity index (χ1) is 10.8. The Morgan fingerprint density at radius 3 is 3.18 bits per heavy atom. The number of nitrogens with one attached hydrogen (secondary N) is 2. The normalized spacial score (nSPS) is 18.4. The Labute approximate surface area is 134 Å². The van der Waals surface area contributed by atoms with Gasteiger partial charge in [-0.1, -0.05) is 6.92 Å². The van der Waals surface area contributed by atoms with Crippen LogP contribution < -0.4 is 5.32 Å². The molecule has 118 valence electrons. The fourth-order valence-electron chi connectivity index (χ4n) is 2.74. The van der Waals surface area contributed by atoms with Crippen LogP contribution in [-0.2, 0) is 13.0 Å². The van der Waals surface area contributed by atoms with Crippen molar-refractivity contribution in [3.8, 4) is 0 Å². The SMILES string of the molecule is CCc1cnc(CNC(=O)N2CCC[C@@H](c3ncc[nH]3)C2)s1. The Morgan fingerprint density at radius 2 is 2.45 bits per heavy atom. The maximum atomic E-state index is 12.3. The molecule has 2 N–H and O–H groups in total. The second-order valence-electron chi connectivity index (χ2n) is 5.49. The van der Waals surface area contributed by atoms with E-state index in [1.165, 1.54) is 4.88 Å². The van der Waals surface area contributed by atoms with Gasteiger partial charge in [0.2, 0.25) is 0 Å². The van der Waals surface area contributed by atoms with Gasteiger partial charge in [-0.25, -0.2) is 14.8 Å². The summed E-state index contributed by atoms with van der Waals surface area (Å²) in [5.74, 6) is 1.28. The summed E-state index contributed by atoms with van der Waals surface area (Å²) >= 11 is 1.66. The zero-order chi connectivity index (χ0) is 15.4. The molecule has 0 bridgehead atoms. The predicted octanol–water partition coefficient (Wildman–Crippen LogP) is 2.52. The molecule has 1 aliphatic heterocycles. The van der Waals surface area contributed by atoms with Crippen molar-refractivity contribution in [1.29, 1.82) is 0 Å². The summed E-state index contributed by atoms with van der Waals surface area (Å²) in [6.45, 7) is 4.14. The van der Waals surface area contributed by atoms with E-state index in [9.17, 15) is 4.79 Å². The Morgan fingerprint density at radius 1 is 1.55 bits per heavy atom. The highest BCUT2D eigenvalue weighted by Gasteiger charge is 2.26. The van der Waals surface area contributed by atoms with Crippen LogP contribution in [0.2, 0.25) is 0 Å². The third kappa shape index (κ3) is 3.47. The molecule has 1 atom stereocenters. The van der Waals surface area contributed by atoms with Gasteiger partial charge in [-0.15, -0.1) is 11.3 Å². The van der Waals surface area contributed by atoms with Gasteiger partial charge in [0.1, 0.15) is 10.8 Å². The summed E-state index contributed by atoms with van der Waals surface area (Å²) in [7, 11) is 0. The highest BCUT2D eigenvalue weighted by Crippen LogP contribution is 2.24. The van der Waals surface area contributed by atoms with Crippen molar-refractivity contribution in [2.75, 3.05) is 13.1 Å². The number of hydrogen-bond donors (Lipinski definition) is 2.